The molecular formula is C11H9ClF5NO3. The molecule has 0 bridgehead atoms. The van der Waals surface area contributed by atoms with E-state index in [1.54, 1.807) is 0 Å². The van der Waals surface area contributed by atoms with Crippen molar-refractivity contribution in [3.8, 4) is 5.75 Å². The molecule has 0 spiro atoms. The summed E-state index contributed by atoms with van der Waals surface area (Å²) < 4.78 is 73.7. The number of pyridine rings is 1. The van der Waals surface area contributed by atoms with Gasteiger partial charge in [0.25, 0.3) is 0 Å². The minimum absolute atomic E-state index is 0.216. The highest BCUT2D eigenvalue weighted by atomic mass is 35.5. The van der Waals surface area contributed by atoms with Crippen LogP contribution in [0.3, 0.4) is 0 Å². The minimum atomic E-state index is -5.17. The number of esters is 1. The van der Waals surface area contributed by atoms with Crippen molar-refractivity contribution in [3.05, 3.63) is 23.0 Å². The molecule has 0 atom stereocenters. The zero-order chi connectivity index (χ0) is 16.4. The summed E-state index contributed by atoms with van der Waals surface area (Å²) in [6.07, 6.45) is -5.17. The number of nitrogens with zero attached hydrogens (tertiary/aromatic N) is 1. The van der Waals surface area contributed by atoms with Gasteiger partial charge in [0.15, 0.2) is 5.69 Å². The lowest BCUT2D eigenvalue weighted by Crippen LogP contribution is -2.21. The van der Waals surface area contributed by atoms with E-state index in [0.29, 0.717) is 6.07 Å². The number of hydrogen-bond donors (Lipinski definition) is 0. The molecule has 0 aliphatic rings. The fourth-order valence-corrected chi connectivity index (χ4v) is 1.53. The van der Waals surface area contributed by atoms with Crippen LogP contribution in [0.5, 0.6) is 5.75 Å². The molecule has 0 aliphatic heterocycles. The molecule has 0 aromatic carbocycles. The lowest BCUT2D eigenvalue weighted by atomic mass is 10.1. The Morgan fingerprint density at radius 1 is 1.33 bits per heavy atom. The molecule has 1 rings (SSSR count). The molecule has 21 heavy (non-hydrogen) atoms. The Hall–Kier alpha value is -1.64. The van der Waals surface area contributed by atoms with Gasteiger partial charge >= 0.3 is 17.5 Å². The van der Waals surface area contributed by atoms with Crippen LogP contribution >= 0.6 is 11.6 Å². The lowest BCUT2D eigenvalue weighted by molar-refractivity contribution is -0.142. The van der Waals surface area contributed by atoms with Crippen molar-refractivity contribution >= 4 is 17.6 Å². The molecule has 0 saturated heterocycles. The first-order valence-corrected chi connectivity index (χ1v) is 5.80. The van der Waals surface area contributed by atoms with Crippen LogP contribution in [0.25, 0.3) is 0 Å². The van der Waals surface area contributed by atoms with Gasteiger partial charge in [0.2, 0.25) is 0 Å². The predicted octanol–water partition coefficient (Wildman–Crippen LogP) is 3.57. The van der Waals surface area contributed by atoms with Gasteiger partial charge in [-0.2, -0.15) is 22.0 Å². The Labute approximate surface area is 120 Å². The summed E-state index contributed by atoms with van der Waals surface area (Å²) in [5, 5.41) is -4.15. The topological polar surface area (TPSA) is 48.4 Å². The summed E-state index contributed by atoms with van der Waals surface area (Å²) in [5.41, 5.74) is -4.33. The Morgan fingerprint density at radius 2 is 1.90 bits per heavy atom. The van der Waals surface area contributed by atoms with Crippen LogP contribution in [0.2, 0.25) is 0 Å². The number of hydrogen-bond acceptors (Lipinski definition) is 4. The molecule has 10 heteroatoms. The van der Waals surface area contributed by atoms with E-state index >= 15 is 0 Å². The Morgan fingerprint density at radius 3 is 2.29 bits per heavy atom. The van der Waals surface area contributed by atoms with Crippen LogP contribution in [0.1, 0.15) is 28.7 Å². The van der Waals surface area contributed by atoms with Gasteiger partial charge in [-0.25, -0.2) is 9.78 Å². The average Bonchev–Trinajstić information content (AvgIpc) is 2.35. The first kappa shape index (κ1) is 17.4. The first-order chi connectivity index (χ1) is 9.52. The van der Waals surface area contributed by atoms with E-state index in [9.17, 15) is 26.7 Å². The van der Waals surface area contributed by atoms with E-state index in [-0.39, 0.29) is 6.61 Å². The second-order valence-corrected chi connectivity index (χ2v) is 4.12. The van der Waals surface area contributed by atoms with Crippen LogP contribution < -0.4 is 4.74 Å². The van der Waals surface area contributed by atoms with Crippen molar-refractivity contribution in [2.45, 2.75) is 18.5 Å². The summed E-state index contributed by atoms with van der Waals surface area (Å²) in [5.74, 6) is -2.15. The number of rotatable bonds is 4. The van der Waals surface area contributed by atoms with Crippen molar-refractivity contribution in [2.75, 3.05) is 13.7 Å². The SMILES string of the molecule is CCOC(=O)c1c(OC)cc(C(F)(F)Cl)nc1C(F)(F)F. The zero-order valence-electron chi connectivity index (χ0n) is 10.7. The molecular weight excluding hydrogens is 325 g/mol. The monoisotopic (exact) mass is 333 g/mol. The van der Waals surface area contributed by atoms with Crippen LogP contribution in [-0.4, -0.2) is 24.7 Å². The van der Waals surface area contributed by atoms with E-state index in [0.717, 1.165) is 7.11 Å². The van der Waals surface area contributed by atoms with Gasteiger partial charge < -0.3 is 9.47 Å². The molecule has 0 aliphatic carbocycles. The zero-order valence-corrected chi connectivity index (χ0v) is 11.5. The van der Waals surface area contributed by atoms with Gasteiger partial charge in [0.05, 0.1) is 13.7 Å². The molecule has 0 fully saturated rings. The van der Waals surface area contributed by atoms with E-state index in [4.69, 9.17) is 0 Å². The van der Waals surface area contributed by atoms with Crippen LogP contribution in [0, 0.1) is 0 Å². The van der Waals surface area contributed by atoms with E-state index in [1.165, 1.54) is 6.92 Å². The third-order valence-electron chi connectivity index (χ3n) is 2.24. The molecule has 1 aromatic heterocycles. The number of carbonyl (C=O) groups excluding carboxylic acids is 1. The second-order valence-electron chi connectivity index (χ2n) is 3.65. The maximum Gasteiger partial charge on any atom is 0.434 e. The van der Waals surface area contributed by atoms with E-state index in [2.05, 4.69) is 26.1 Å². The largest absolute Gasteiger partial charge is 0.496 e. The summed E-state index contributed by atoms with van der Waals surface area (Å²) >= 11 is 4.67. The van der Waals surface area contributed by atoms with Gasteiger partial charge in [-0.05, 0) is 18.5 Å². The quantitative estimate of drug-likeness (QED) is 0.480. The van der Waals surface area contributed by atoms with Crippen molar-refractivity contribution in [3.63, 3.8) is 0 Å². The van der Waals surface area contributed by atoms with Gasteiger partial charge in [-0.3, -0.25) is 0 Å². The molecule has 0 amide bonds. The molecule has 1 aromatic rings. The van der Waals surface area contributed by atoms with E-state index in [1.807, 2.05) is 0 Å². The van der Waals surface area contributed by atoms with Crippen molar-refractivity contribution < 1.29 is 36.2 Å². The predicted molar refractivity (Wildman–Crippen MR) is 61.5 cm³/mol. The Bertz CT molecular complexity index is 542. The van der Waals surface area contributed by atoms with Crippen molar-refractivity contribution in [1.82, 2.24) is 4.98 Å². The van der Waals surface area contributed by atoms with Crippen LogP contribution in [0.4, 0.5) is 22.0 Å². The molecule has 118 valence electrons. The van der Waals surface area contributed by atoms with Gasteiger partial charge in [-0.15, -0.1) is 0 Å². The molecule has 1 heterocycles. The maximum absolute atomic E-state index is 13.0. The highest BCUT2D eigenvalue weighted by Gasteiger charge is 2.43. The molecule has 0 unspecified atom stereocenters. The number of alkyl halides is 6. The third kappa shape index (κ3) is 3.93. The van der Waals surface area contributed by atoms with Gasteiger partial charge in [0, 0.05) is 6.07 Å². The minimum Gasteiger partial charge on any atom is -0.496 e. The van der Waals surface area contributed by atoms with Crippen molar-refractivity contribution in [2.24, 2.45) is 0 Å². The Kier molecular flexibility index (Phi) is 4.98. The molecule has 0 saturated carbocycles. The average molecular weight is 334 g/mol. The van der Waals surface area contributed by atoms with Gasteiger partial charge in [0.1, 0.15) is 17.0 Å². The first-order valence-electron chi connectivity index (χ1n) is 5.42. The number of carbonyl (C=O) groups is 1. The summed E-state index contributed by atoms with van der Waals surface area (Å²) in [7, 11) is 0.911. The second kappa shape index (κ2) is 6.00. The fraction of sp³-hybridized carbons (Fsp3) is 0.455. The number of ether oxygens (including phenoxy) is 2. The van der Waals surface area contributed by atoms with E-state index < -0.39 is 40.2 Å². The summed E-state index contributed by atoms with van der Waals surface area (Å²) in [6, 6.07) is 0.453. The third-order valence-corrected chi connectivity index (χ3v) is 2.44. The number of halogens is 6. The standard InChI is InChI=1S/C11H9ClF5NO3/c1-3-21-9(19)7-5(20-2)4-6(10(12,13)14)18-8(7)11(15,16)17/h4H,3H2,1-2H3. The van der Waals surface area contributed by atoms with Crippen LogP contribution in [-0.2, 0) is 16.3 Å². The highest BCUT2D eigenvalue weighted by molar-refractivity contribution is 6.21. The summed E-state index contributed by atoms with van der Waals surface area (Å²) in [4.78, 5) is 14.3. The molecule has 0 N–H and O–H groups in total. The number of methoxy groups -OCH3 is 1. The number of aromatic nitrogens is 1. The lowest BCUT2D eigenvalue weighted by Gasteiger charge is -2.17. The highest BCUT2D eigenvalue weighted by Crippen LogP contribution is 2.40. The Balaban J connectivity index is 3.65. The van der Waals surface area contributed by atoms with Crippen molar-refractivity contribution in [1.29, 1.82) is 0 Å². The fourth-order valence-electron chi connectivity index (χ4n) is 1.43. The molecule has 0 radical (unpaired) electrons. The maximum atomic E-state index is 13.0. The van der Waals surface area contributed by atoms with Gasteiger partial charge in [-0.1, -0.05) is 0 Å². The molecule has 4 nitrogen and oxygen atoms in total. The normalized spacial score (nSPS) is 12.2. The summed E-state index contributed by atoms with van der Waals surface area (Å²) in [6.45, 7) is 1.15. The smallest absolute Gasteiger partial charge is 0.434 e. The van der Waals surface area contributed by atoms with Crippen LogP contribution in [0.15, 0.2) is 6.07 Å².